The molecule has 108 valence electrons. The average Bonchev–Trinajstić information content (AvgIpc) is 2.50. The lowest BCUT2D eigenvalue weighted by atomic mass is 9.85. The summed E-state index contributed by atoms with van der Waals surface area (Å²) in [6.45, 7) is 2.34. The second-order valence-electron chi connectivity index (χ2n) is 5.66. The van der Waals surface area contributed by atoms with E-state index in [0.717, 1.165) is 18.5 Å². The zero-order valence-electron chi connectivity index (χ0n) is 11.4. The molecule has 1 amide bonds. The quantitative estimate of drug-likeness (QED) is 0.851. The Balaban J connectivity index is 1.55. The first-order valence-corrected chi connectivity index (χ1v) is 7.09. The van der Waals surface area contributed by atoms with Crippen molar-refractivity contribution in [2.24, 2.45) is 11.8 Å². The monoisotopic (exact) mass is 276 g/mol. The normalized spacial score (nSPS) is 29.1. The Kier molecular flexibility index (Phi) is 3.89. The van der Waals surface area contributed by atoms with E-state index >= 15 is 0 Å². The molecule has 2 N–H and O–H groups in total. The number of nitrogens with zero attached hydrogens (tertiary/aromatic N) is 1. The third kappa shape index (κ3) is 2.94. The largest absolute Gasteiger partial charge is 0.445 e. The summed E-state index contributed by atoms with van der Waals surface area (Å²) >= 11 is 0. The number of hydrogen-bond donors (Lipinski definition) is 2. The Morgan fingerprint density at radius 1 is 1.35 bits per heavy atom. The van der Waals surface area contributed by atoms with Gasteiger partial charge in [0.1, 0.15) is 12.8 Å². The second kappa shape index (κ2) is 5.81. The molecule has 1 unspecified atom stereocenters. The van der Waals surface area contributed by atoms with Crippen LogP contribution in [0.4, 0.5) is 4.79 Å². The van der Waals surface area contributed by atoms with Crippen molar-refractivity contribution in [1.82, 2.24) is 10.2 Å². The summed E-state index contributed by atoms with van der Waals surface area (Å²) in [7, 11) is 0. The number of carbonyl (C=O) groups excluding carboxylic acids is 1. The van der Waals surface area contributed by atoms with Gasteiger partial charge in [-0.15, -0.1) is 0 Å². The van der Waals surface area contributed by atoms with Crippen molar-refractivity contribution in [1.29, 1.82) is 0 Å². The van der Waals surface area contributed by atoms with Crippen LogP contribution in [0.15, 0.2) is 30.3 Å². The maximum absolute atomic E-state index is 12.1. The lowest BCUT2D eigenvalue weighted by molar-refractivity contribution is -0.0246. The fourth-order valence-electron chi connectivity index (χ4n) is 3.04. The van der Waals surface area contributed by atoms with Gasteiger partial charge in [-0.05, 0) is 17.9 Å². The van der Waals surface area contributed by atoms with E-state index < -0.39 is 6.23 Å². The van der Waals surface area contributed by atoms with Gasteiger partial charge in [-0.25, -0.2) is 4.79 Å². The summed E-state index contributed by atoms with van der Waals surface area (Å²) in [6.07, 6.45) is 0.199. The number of carbonyl (C=O) groups is 1. The molecule has 2 heterocycles. The highest BCUT2D eigenvalue weighted by Crippen LogP contribution is 2.27. The van der Waals surface area contributed by atoms with Crippen LogP contribution in [-0.2, 0) is 11.3 Å². The van der Waals surface area contributed by atoms with E-state index in [1.165, 1.54) is 0 Å². The summed E-state index contributed by atoms with van der Waals surface area (Å²) < 4.78 is 5.35. The molecule has 0 saturated carbocycles. The van der Waals surface area contributed by atoms with Crippen LogP contribution in [0, 0.1) is 11.8 Å². The molecule has 3 rings (SSSR count). The molecule has 0 radical (unpaired) electrons. The number of ether oxygens (including phenoxy) is 1. The SMILES string of the molecule is O=C(OCc1ccccc1)N1C[C@@H]2CNC(O)[C@@H](C2)C1. The van der Waals surface area contributed by atoms with Crippen molar-refractivity contribution in [2.75, 3.05) is 19.6 Å². The molecule has 2 aliphatic rings. The molecule has 0 spiro atoms. The lowest BCUT2D eigenvalue weighted by Crippen LogP contribution is -2.57. The molecule has 0 aromatic heterocycles. The predicted octanol–water partition coefficient (Wildman–Crippen LogP) is 1.18. The van der Waals surface area contributed by atoms with Gasteiger partial charge in [0.15, 0.2) is 0 Å². The van der Waals surface area contributed by atoms with Crippen LogP contribution < -0.4 is 5.32 Å². The van der Waals surface area contributed by atoms with Gasteiger partial charge in [0.2, 0.25) is 0 Å². The Morgan fingerprint density at radius 3 is 2.95 bits per heavy atom. The second-order valence-corrected chi connectivity index (χ2v) is 5.66. The summed E-state index contributed by atoms with van der Waals surface area (Å²) in [4.78, 5) is 13.8. The highest BCUT2D eigenvalue weighted by molar-refractivity contribution is 5.67. The fraction of sp³-hybridized carbons (Fsp3) is 0.533. The molecule has 1 aromatic rings. The number of rotatable bonds is 2. The van der Waals surface area contributed by atoms with Crippen LogP contribution in [0.3, 0.4) is 0 Å². The molecule has 2 saturated heterocycles. The number of aliphatic hydroxyl groups excluding tert-OH is 1. The van der Waals surface area contributed by atoms with Crippen LogP contribution in [-0.4, -0.2) is 42.0 Å². The summed E-state index contributed by atoms with van der Waals surface area (Å²) in [5.41, 5.74) is 0.986. The third-order valence-electron chi connectivity index (χ3n) is 4.10. The molecule has 1 aromatic carbocycles. The van der Waals surface area contributed by atoms with Gasteiger partial charge in [0, 0.05) is 25.6 Å². The van der Waals surface area contributed by atoms with E-state index in [4.69, 9.17) is 4.74 Å². The van der Waals surface area contributed by atoms with Gasteiger partial charge in [0.05, 0.1) is 0 Å². The van der Waals surface area contributed by atoms with E-state index in [0.29, 0.717) is 25.6 Å². The number of nitrogens with one attached hydrogen (secondary N) is 1. The summed E-state index contributed by atoms with van der Waals surface area (Å²) in [6, 6.07) is 9.66. The van der Waals surface area contributed by atoms with E-state index in [1.807, 2.05) is 30.3 Å². The Labute approximate surface area is 118 Å². The Bertz CT molecular complexity index is 465. The molecule has 2 aliphatic heterocycles. The molecule has 2 fully saturated rings. The standard InChI is InChI=1S/C15H20N2O3/c18-14-13-6-12(7-16-14)8-17(9-13)15(19)20-10-11-4-2-1-3-5-11/h1-5,12-14,16,18H,6-10H2/t12-,13-,14?/m0/s1. The molecular formula is C15H20N2O3. The molecule has 20 heavy (non-hydrogen) atoms. The average molecular weight is 276 g/mol. The van der Waals surface area contributed by atoms with Gasteiger partial charge in [0.25, 0.3) is 0 Å². The van der Waals surface area contributed by atoms with Crippen LogP contribution in [0.25, 0.3) is 0 Å². The first kappa shape index (κ1) is 13.4. The van der Waals surface area contributed by atoms with Crippen molar-refractivity contribution < 1.29 is 14.6 Å². The minimum absolute atomic E-state index is 0.117. The number of aliphatic hydroxyl groups is 1. The molecule has 5 nitrogen and oxygen atoms in total. The number of fused-ring (bicyclic) bond motifs is 2. The van der Waals surface area contributed by atoms with E-state index in [9.17, 15) is 9.90 Å². The molecule has 0 aliphatic carbocycles. The van der Waals surface area contributed by atoms with Crippen molar-refractivity contribution in [2.45, 2.75) is 19.3 Å². The highest BCUT2D eigenvalue weighted by Gasteiger charge is 2.37. The van der Waals surface area contributed by atoms with E-state index in [1.54, 1.807) is 4.90 Å². The maximum atomic E-state index is 12.1. The van der Waals surface area contributed by atoms with E-state index in [-0.39, 0.29) is 12.0 Å². The molecule has 2 bridgehead atoms. The van der Waals surface area contributed by atoms with Gasteiger partial charge in [-0.2, -0.15) is 0 Å². The topological polar surface area (TPSA) is 61.8 Å². The maximum Gasteiger partial charge on any atom is 0.410 e. The predicted molar refractivity (Wildman–Crippen MR) is 73.8 cm³/mol. The van der Waals surface area contributed by atoms with Crippen LogP contribution in [0.2, 0.25) is 0 Å². The third-order valence-corrected chi connectivity index (χ3v) is 4.10. The minimum atomic E-state index is -0.504. The van der Waals surface area contributed by atoms with Crippen molar-refractivity contribution in [3.05, 3.63) is 35.9 Å². The van der Waals surface area contributed by atoms with Crippen molar-refractivity contribution >= 4 is 6.09 Å². The Morgan fingerprint density at radius 2 is 2.15 bits per heavy atom. The van der Waals surface area contributed by atoms with Crippen molar-refractivity contribution in [3.8, 4) is 0 Å². The van der Waals surface area contributed by atoms with Gasteiger partial charge < -0.3 is 14.7 Å². The molecule has 3 atom stereocenters. The van der Waals surface area contributed by atoms with Crippen molar-refractivity contribution in [3.63, 3.8) is 0 Å². The smallest absolute Gasteiger partial charge is 0.410 e. The number of benzene rings is 1. The summed E-state index contributed by atoms with van der Waals surface area (Å²) in [5.74, 6) is 0.535. The van der Waals surface area contributed by atoms with Crippen LogP contribution in [0.5, 0.6) is 0 Å². The molecule has 5 heteroatoms. The van der Waals surface area contributed by atoms with Gasteiger partial charge >= 0.3 is 6.09 Å². The number of likely N-dealkylation sites (tertiary alicyclic amines) is 1. The first-order chi connectivity index (χ1) is 9.72. The van der Waals surface area contributed by atoms with Crippen LogP contribution >= 0.6 is 0 Å². The van der Waals surface area contributed by atoms with E-state index in [2.05, 4.69) is 5.32 Å². The summed E-state index contributed by atoms with van der Waals surface area (Å²) in [5, 5.41) is 12.9. The zero-order valence-corrected chi connectivity index (χ0v) is 11.4. The first-order valence-electron chi connectivity index (χ1n) is 7.09. The lowest BCUT2D eigenvalue weighted by Gasteiger charge is -2.43. The highest BCUT2D eigenvalue weighted by atomic mass is 16.6. The zero-order chi connectivity index (χ0) is 13.9. The number of piperidine rings is 2. The molecular weight excluding hydrogens is 256 g/mol. The minimum Gasteiger partial charge on any atom is -0.445 e. The van der Waals surface area contributed by atoms with Gasteiger partial charge in [-0.3, -0.25) is 5.32 Å². The number of amides is 1. The van der Waals surface area contributed by atoms with Crippen LogP contribution in [0.1, 0.15) is 12.0 Å². The van der Waals surface area contributed by atoms with Gasteiger partial charge in [-0.1, -0.05) is 30.3 Å². The number of hydrogen-bond acceptors (Lipinski definition) is 4. The fourth-order valence-corrected chi connectivity index (χ4v) is 3.04. The Hall–Kier alpha value is -1.59.